The quantitative estimate of drug-likeness (QED) is 0.857. The van der Waals surface area contributed by atoms with Gasteiger partial charge in [0, 0.05) is 41.5 Å². The molecule has 4 heteroatoms. The Balaban J connectivity index is 1.53. The molecular formula is C18H21NO3. The van der Waals surface area contributed by atoms with Crippen molar-refractivity contribution >= 4 is 5.91 Å². The molecule has 0 bridgehead atoms. The second-order valence-electron chi connectivity index (χ2n) is 6.99. The van der Waals surface area contributed by atoms with Crippen LogP contribution in [0.2, 0.25) is 0 Å². The van der Waals surface area contributed by atoms with Crippen LogP contribution in [-0.2, 0) is 24.2 Å². The maximum absolute atomic E-state index is 12.6. The SMILES string of the molecule is O=C(C1CC1)N(Cc1c2c(cc3c1OCC3)OCC2)C1CC1. The number of hydrogen-bond acceptors (Lipinski definition) is 3. The molecule has 4 nitrogen and oxygen atoms in total. The Morgan fingerprint density at radius 2 is 1.95 bits per heavy atom. The standard InChI is InChI=1S/C18H21NO3/c20-18(11-1-2-11)19(13-3-4-13)10-15-14-6-8-21-16(14)9-12-5-7-22-17(12)15/h9,11,13H,1-8,10H2. The molecule has 0 spiro atoms. The van der Waals surface area contributed by atoms with E-state index in [0.717, 1.165) is 69.8 Å². The highest BCUT2D eigenvalue weighted by molar-refractivity contribution is 5.82. The molecule has 22 heavy (non-hydrogen) atoms. The predicted molar refractivity (Wildman–Crippen MR) is 81.1 cm³/mol. The third-order valence-corrected chi connectivity index (χ3v) is 5.29. The maximum atomic E-state index is 12.6. The van der Waals surface area contributed by atoms with E-state index in [9.17, 15) is 4.79 Å². The van der Waals surface area contributed by atoms with Gasteiger partial charge >= 0.3 is 0 Å². The minimum atomic E-state index is 0.294. The predicted octanol–water partition coefficient (Wildman–Crippen LogP) is 2.46. The number of carbonyl (C=O) groups is 1. The molecule has 0 aromatic heterocycles. The van der Waals surface area contributed by atoms with Gasteiger partial charge in [-0.2, -0.15) is 0 Å². The summed E-state index contributed by atoms with van der Waals surface area (Å²) in [5.41, 5.74) is 3.75. The highest BCUT2D eigenvalue weighted by Gasteiger charge is 2.41. The van der Waals surface area contributed by atoms with E-state index < -0.39 is 0 Å². The first kappa shape index (κ1) is 12.8. The van der Waals surface area contributed by atoms with Crippen LogP contribution in [0.15, 0.2) is 6.07 Å². The van der Waals surface area contributed by atoms with E-state index in [-0.39, 0.29) is 0 Å². The Bertz CT molecular complexity index is 614. The number of nitrogens with zero attached hydrogens (tertiary/aromatic N) is 1. The lowest BCUT2D eigenvalue weighted by molar-refractivity contribution is -0.133. The number of benzene rings is 1. The van der Waals surface area contributed by atoms with Crippen LogP contribution >= 0.6 is 0 Å². The van der Waals surface area contributed by atoms with Crippen LogP contribution in [0, 0.1) is 5.92 Å². The Hall–Kier alpha value is -1.71. The molecule has 0 N–H and O–H groups in total. The fourth-order valence-corrected chi connectivity index (χ4v) is 3.76. The van der Waals surface area contributed by atoms with Crippen molar-refractivity contribution in [3.63, 3.8) is 0 Å². The van der Waals surface area contributed by atoms with E-state index in [4.69, 9.17) is 9.47 Å². The number of rotatable bonds is 4. The molecule has 0 saturated heterocycles. The van der Waals surface area contributed by atoms with E-state index >= 15 is 0 Å². The number of amides is 1. The summed E-state index contributed by atoms with van der Waals surface area (Å²) < 4.78 is 11.7. The zero-order chi connectivity index (χ0) is 14.7. The normalized spacial score (nSPS) is 21.8. The van der Waals surface area contributed by atoms with E-state index in [1.807, 2.05) is 0 Å². The lowest BCUT2D eigenvalue weighted by Crippen LogP contribution is -2.34. The summed E-state index contributed by atoms with van der Waals surface area (Å²) in [6.07, 6.45) is 6.37. The Morgan fingerprint density at radius 1 is 1.14 bits per heavy atom. The van der Waals surface area contributed by atoms with Gasteiger partial charge in [-0.1, -0.05) is 0 Å². The van der Waals surface area contributed by atoms with Crippen LogP contribution in [0.3, 0.4) is 0 Å². The highest BCUT2D eigenvalue weighted by atomic mass is 16.5. The fourth-order valence-electron chi connectivity index (χ4n) is 3.76. The van der Waals surface area contributed by atoms with Crippen LogP contribution in [-0.4, -0.2) is 30.1 Å². The second-order valence-corrected chi connectivity index (χ2v) is 6.99. The topological polar surface area (TPSA) is 38.8 Å². The van der Waals surface area contributed by atoms with Gasteiger partial charge < -0.3 is 14.4 Å². The molecule has 2 aliphatic heterocycles. The number of ether oxygens (including phenoxy) is 2. The average molecular weight is 299 g/mol. The van der Waals surface area contributed by atoms with E-state index in [2.05, 4.69) is 11.0 Å². The summed E-state index contributed by atoms with van der Waals surface area (Å²) in [7, 11) is 0. The Kier molecular flexibility index (Phi) is 2.70. The summed E-state index contributed by atoms with van der Waals surface area (Å²) in [6.45, 7) is 2.23. The van der Waals surface area contributed by atoms with Crippen LogP contribution in [0.25, 0.3) is 0 Å². The van der Waals surface area contributed by atoms with Gasteiger partial charge in [-0.25, -0.2) is 0 Å². The van der Waals surface area contributed by atoms with Crippen molar-refractivity contribution in [2.24, 2.45) is 5.92 Å². The first-order chi connectivity index (χ1) is 10.8. The third-order valence-electron chi connectivity index (χ3n) is 5.29. The van der Waals surface area contributed by atoms with Gasteiger partial charge in [0.25, 0.3) is 0 Å². The Morgan fingerprint density at radius 3 is 2.73 bits per heavy atom. The zero-order valence-corrected chi connectivity index (χ0v) is 12.8. The van der Waals surface area contributed by atoms with Gasteiger partial charge in [-0.15, -0.1) is 0 Å². The maximum Gasteiger partial charge on any atom is 0.226 e. The Labute approximate surface area is 130 Å². The number of carbonyl (C=O) groups excluding carboxylic acids is 1. The summed E-state index contributed by atoms with van der Waals surface area (Å²) in [5, 5.41) is 0. The van der Waals surface area contributed by atoms with Crippen LogP contribution in [0.5, 0.6) is 11.5 Å². The van der Waals surface area contributed by atoms with Crippen LogP contribution < -0.4 is 9.47 Å². The molecule has 2 fully saturated rings. The smallest absolute Gasteiger partial charge is 0.226 e. The van der Waals surface area contributed by atoms with E-state index in [0.29, 0.717) is 17.9 Å². The van der Waals surface area contributed by atoms with Gasteiger partial charge in [0.2, 0.25) is 5.91 Å². The molecule has 1 amide bonds. The number of hydrogen-bond donors (Lipinski definition) is 0. The van der Waals surface area contributed by atoms with Crippen molar-refractivity contribution in [1.82, 2.24) is 4.90 Å². The van der Waals surface area contributed by atoms with Crippen molar-refractivity contribution in [2.45, 2.75) is 51.1 Å². The van der Waals surface area contributed by atoms with E-state index in [1.165, 1.54) is 16.7 Å². The van der Waals surface area contributed by atoms with Crippen LogP contribution in [0.1, 0.15) is 42.4 Å². The van der Waals surface area contributed by atoms with Gasteiger partial charge in [-0.05, 0) is 31.7 Å². The monoisotopic (exact) mass is 299 g/mol. The molecule has 0 radical (unpaired) electrons. The molecular weight excluding hydrogens is 278 g/mol. The van der Waals surface area contributed by atoms with Gasteiger partial charge in [0.05, 0.1) is 19.8 Å². The molecule has 2 aliphatic carbocycles. The number of fused-ring (bicyclic) bond motifs is 2. The zero-order valence-electron chi connectivity index (χ0n) is 12.8. The molecule has 1 aromatic carbocycles. The van der Waals surface area contributed by atoms with Gasteiger partial charge in [0.1, 0.15) is 11.5 Å². The molecule has 0 atom stereocenters. The summed E-state index contributed by atoms with van der Waals surface area (Å²) in [5.74, 6) is 2.72. The fraction of sp³-hybridized carbons (Fsp3) is 0.611. The van der Waals surface area contributed by atoms with Crippen LogP contribution in [0.4, 0.5) is 0 Å². The van der Waals surface area contributed by atoms with Gasteiger partial charge in [-0.3, -0.25) is 4.79 Å². The molecule has 1 aromatic rings. The molecule has 4 aliphatic rings. The largest absolute Gasteiger partial charge is 0.493 e. The first-order valence-electron chi connectivity index (χ1n) is 8.55. The van der Waals surface area contributed by atoms with Crippen molar-refractivity contribution in [2.75, 3.05) is 13.2 Å². The molecule has 0 unspecified atom stereocenters. The highest BCUT2D eigenvalue weighted by Crippen LogP contribution is 2.43. The van der Waals surface area contributed by atoms with E-state index in [1.54, 1.807) is 0 Å². The summed E-state index contributed by atoms with van der Waals surface area (Å²) in [4.78, 5) is 14.8. The first-order valence-corrected chi connectivity index (χ1v) is 8.55. The molecule has 2 heterocycles. The summed E-state index contributed by atoms with van der Waals surface area (Å²) in [6, 6.07) is 2.61. The van der Waals surface area contributed by atoms with Crippen molar-refractivity contribution in [1.29, 1.82) is 0 Å². The second kappa shape index (κ2) is 4.64. The third kappa shape index (κ3) is 2.00. The lowest BCUT2D eigenvalue weighted by atomic mass is 9.99. The average Bonchev–Trinajstić information content (AvgIpc) is 3.44. The molecule has 5 rings (SSSR count). The minimum Gasteiger partial charge on any atom is -0.493 e. The van der Waals surface area contributed by atoms with Crippen molar-refractivity contribution < 1.29 is 14.3 Å². The van der Waals surface area contributed by atoms with Gasteiger partial charge in [0.15, 0.2) is 0 Å². The van der Waals surface area contributed by atoms with Crippen molar-refractivity contribution in [3.8, 4) is 11.5 Å². The summed E-state index contributed by atoms with van der Waals surface area (Å²) >= 11 is 0. The molecule has 2 saturated carbocycles. The van der Waals surface area contributed by atoms with Crippen molar-refractivity contribution in [3.05, 3.63) is 22.8 Å². The molecule has 116 valence electrons. The lowest BCUT2D eigenvalue weighted by Gasteiger charge is -2.25. The minimum absolute atomic E-state index is 0.294.